The molecule has 0 aromatic heterocycles. The average molecular weight is 376 g/mol. The van der Waals surface area contributed by atoms with Crippen LogP contribution >= 0.6 is 0 Å². The molecule has 9 nitrogen and oxygen atoms in total. The summed E-state index contributed by atoms with van der Waals surface area (Å²) in [6.07, 6.45) is -0.0907. The zero-order valence-corrected chi connectivity index (χ0v) is 15.4. The Morgan fingerprint density at radius 1 is 1.26 bits per heavy atom. The van der Waals surface area contributed by atoms with Crippen molar-refractivity contribution in [1.82, 2.24) is 5.32 Å². The number of Topliss-reactive ketones (excluding diaryl/α,β-unsaturated/α-hetero) is 1. The summed E-state index contributed by atoms with van der Waals surface area (Å²) in [5.41, 5.74) is 9.25. The summed E-state index contributed by atoms with van der Waals surface area (Å²) in [6.45, 7) is 2.01. The number of nitrogens with one attached hydrogen (secondary N) is 2. The number of hydrogen-bond donors (Lipinski definition) is 2. The predicted octanol–water partition coefficient (Wildman–Crippen LogP) is 0.811. The molecular weight excluding hydrogens is 352 g/mol. The highest BCUT2D eigenvalue weighted by Gasteiger charge is 2.25. The largest absolute Gasteiger partial charge is 0.462 e. The molecular formula is C18H24N4O5. The number of para-hydroxylation sites is 1. The number of ether oxygens (including phenoxy) is 2. The van der Waals surface area contributed by atoms with Gasteiger partial charge in [-0.15, -0.1) is 0 Å². The molecule has 0 radical (unpaired) electrons. The third-order valence-electron chi connectivity index (χ3n) is 3.65. The quantitative estimate of drug-likeness (QED) is 0.182. The average Bonchev–Trinajstić information content (AvgIpc) is 2.68. The first-order valence-corrected chi connectivity index (χ1v) is 8.47. The second-order valence-corrected chi connectivity index (χ2v) is 5.65. The van der Waals surface area contributed by atoms with Gasteiger partial charge in [0.05, 0.1) is 0 Å². The van der Waals surface area contributed by atoms with E-state index in [1.54, 1.807) is 0 Å². The van der Waals surface area contributed by atoms with E-state index in [0.29, 0.717) is 6.54 Å². The number of esters is 1. The van der Waals surface area contributed by atoms with Crippen LogP contribution in [0.25, 0.3) is 5.53 Å². The molecule has 27 heavy (non-hydrogen) atoms. The molecule has 0 aliphatic rings. The number of carbonyl (C=O) groups is 3. The van der Waals surface area contributed by atoms with Crippen LogP contribution in [0.1, 0.15) is 19.8 Å². The molecule has 1 rings (SSSR count). The van der Waals surface area contributed by atoms with Crippen molar-refractivity contribution < 1.29 is 28.6 Å². The monoisotopic (exact) mass is 376 g/mol. The fourth-order valence-electron chi connectivity index (χ4n) is 2.06. The number of ketones is 1. The first-order valence-electron chi connectivity index (χ1n) is 8.47. The van der Waals surface area contributed by atoms with E-state index in [0.717, 1.165) is 11.9 Å². The van der Waals surface area contributed by atoms with E-state index in [-0.39, 0.29) is 19.4 Å². The number of anilines is 1. The van der Waals surface area contributed by atoms with Crippen molar-refractivity contribution in [2.45, 2.75) is 31.9 Å². The lowest BCUT2D eigenvalue weighted by Crippen LogP contribution is -2.46. The van der Waals surface area contributed by atoms with Crippen LogP contribution in [0, 0.1) is 0 Å². The molecule has 0 spiro atoms. The molecule has 146 valence electrons. The number of rotatable bonds is 12. The molecule has 1 amide bonds. The Bertz CT molecular complexity index is 674. The minimum absolute atomic E-state index is 0.0119. The highest BCUT2D eigenvalue weighted by atomic mass is 16.5. The molecule has 0 saturated carbocycles. The van der Waals surface area contributed by atoms with Crippen LogP contribution in [-0.4, -0.2) is 61.1 Å². The third kappa shape index (κ3) is 8.75. The van der Waals surface area contributed by atoms with Gasteiger partial charge in [0.1, 0.15) is 18.8 Å². The number of carbonyl (C=O) groups excluding carboxylic acids is 3. The van der Waals surface area contributed by atoms with Gasteiger partial charge in [-0.25, -0.2) is 4.79 Å². The Balaban J connectivity index is 2.55. The van der Waals surface area contributed by atoms with Crippen LogP contribution in [0.5, 0.6) is 0 Å². The van der Waals surface area contributed by atoms with Crippen molar-refractivity contribution in [2.24, 2.45) is 0 Å². The van der Waals surface area contributed by atoms with Gasteiger partial charge in [0, 0.05) is 25.8 Å². The second-order valence-electron chi connectivity index (χ2n) is 5.65. The summed E-state index contributed by atoms with van der Waals surface area (Å²) in [6, 6.07) is 8.40. The minimum atomic E-state index is -1.01. The lowest BCUT2D eigenvalue weighted by Gasteiger charge is -2.19. The predicted molar refractivity (Wildman–Crippen MR) is 98.2 cm³/mol. The van der Waals surface area contributed by atoms with Crippen LogP contribution in [-0.2, 0) is 23.9 Å². The lowest BCUT2D eigenvalue weighted by molar-refractivity contribution is -0.149. The molecule has 0 saturated heterocycles. The zero-order valence-electron chi connectivity index (χ0n) is 15.4. The highest BCUT2D eigenvalue weighted by Crippen LogP contribution is 2.05. The minimum Gasteiger partial charge on any atom is -0.462 e. The number of nitrogens with zero attached hydrogens (tertiary/aromatic N) is 2. The van der Waals surface area contributed by atoms with Crippen LogP contribution < -0.4 is 10.6 Å². The molecule has 0 unspecified atom stereocenters. The van der Waals surface area contributed by atoms with Gasteiger partial charge < -0.3 is 25.6 Å². The van der Waals surface area contributed by atoms with Gasteiger partial charge in [0.15, 0.2) is 0 Å². The smallest absolute Gasteiger partial charge is 0.328 e. The van der Waals surface area contributed by atoms with E-state index in [9.17, 15) is 14.4 Å². The van der Waals surface area contributed by atoms with Crippen molar-refractivity contribution in [3.8, 4) is 0 Å². The Hall–Kier alpha value is -3.03. The Labute approximate surface area is 157 Å². The molecule has 9 heteroatoms. The molecule has 2 N–H and O–H groups in total. The van der Waals surface area contributed by atoms with Gasteiger partial charge in [-0.05, 0) is 25.5 Å². The molecule has 0 heterocycles. The van der Waals surface area contributed by atoms with Crippen molar-refractivity contribution >= 4 is 29.6 Å². The molecule has 1 aromatic carbocycles. The molecule has 1 aromatic rings. The molecule has 0 bridgehead atoms. The summed E-state index contributed by atoms with van der Waals surface area (Å²) >= 11 is 0. The van der Waals surface area contributed by atoms with Gasteiger partial charge in [0.25, 0.3) is 0 Å². The number of hydrogen-bond acceptors (Lipinski definition) is 6. The number of amides is 1. The summed E-state index contributed by atoms with van der Waals surface area (Å²) in [4.78, 5) is 38.3. The molecule has 0 aliphatic heterocycles. The Morgan fingerprint density at radius 2 is 1.96 bits per heavy atom. The van der Waals surface area contributed by atoms with Gasteiger partial charge in [-0.2, -0.15) is 4.79 Å². The normalized spacial score (nSPS) is 12.2. The van der Waals surface area contributed by atoms with Gasteiger partial charge in [-0.3, -0.25) is 9.59 Å². The van der Waals surface area contributed by atoms with E-state index >= 15 is 0 Å². The van der Waals surface area contributed by atoms with Crippen LogP contribution in [0.4, 0.5) is 5.69 Å². The van der Waals surface area contributed by atoms with Gasteiger partial charge in [0.2, 0.25) is 11.7 Å². The summed E-state index contributed by atoms with van der Waals surface area (Å²) < 4.78 is 10.1. The van der Waals surface area contributed by atoms with E-state index in [2.05, 4.69) is 15.4 Å². The standard InChI is InChI=1S/C18H24N4O5/c1-13(26-2)17(24)22-16(9-8-15(23)12-21-19)18(25)27-11-10-20-14-6-4-3-5-7-14/h3-7,12-13,16,20H,8-11H2,1-2H3,(H,22,24)/t13-,16-/m0/s1. The molecule has 0 fully saturated rings. The highest BCUT2D eigenvalue weighted by molar-refractivity contribution is 6.25. The first kappa shape index (κ1) is 22.0. The Kier molecular flexibility index (Phi) is 10.1. The van der Waals surface area contributed by atoms with Crippen LogP contribution in [0.3, 0.4) is 0 Å². The van der Waals surface area contributed by atoms with E-state index in [1.165, 1.54) is 14.0 Å². The topological polar surface area (TPSA) is 130 Å². The third-order valence-corrected chi connectivity index (χ3v) is 3.65. The van der Waals surface area contributed by atoms with E-state index in [1.807, 2.05) is 30.3 Å². The van der Waals surface area contributed by atoms with Gasteiger partial charge >= 0.3 is 12.2 Å². The Morgan fingerprint density at radius 3 is 2.59 bits per heavy atom. The van der Waals surface area contributed by atoms with Crippen LogP contribution in [0.15, 0.2) is 30.3 Å². The summed E-state index contributed by atoms with van der Waals surface area (Å²) in [5.74, 6) is -1.63. The molecule has 2 atom stereocenters. The lowest BCUT2D eigenvalue weighted by atomic mass is 10.1. The number of methoxy groups -OCH3 is 1. The van der Waals surface area contributed by atoms with Gasteiger partial charge in [-0.1, -0.05) is 18.2 Å². The maximum atomic E-state index is 12.3. The fraction of sp³-hybridized carbons (Fsp3) is 0.444. The number of benzene rings is 1. The first-order chi connectivity index (χ1) is 13.0. The summed E-state index contributed by atoms with van der Waals surface area (Å²) in [5, 5.41) is 5.60. The SMILES string of the molecule is CO[C@@H](C)C(=O)N[C@@H](CCC(=O)C=[N+]=[N-])C(=O)OCCNc1ccccc1. The maximum absolute atomic E-state index is 12.3. The fourth-order valence-corrected chi connectivity index (χ4v) is 2.06. The van der Waals surface area contributed by atoms with Crippen LogP contribution in [0.2, 0.25) is 0 Å². The molecule has 0 aliphatic carbocycles. The van der Waals surface area contributed by atoms with Crippen molar-refractivity contribution in [3.63, 3.8) is 0 Å². The van der Waals surface area contributed by atoms with E-state index in [4.69, 9.17) is 15.0 Å². The summed E-state index contributed by atoms with van der Waals surface area (Å²) in [7, 11) is 1.37. The van der Waals surface area contributed by atoms with Crippen molar-refractivity contribution in [1.29, 1.82) is 0 Å². The maximum Gasteiger partial charge on any atom is 0.328 e. The van der Waals surface area contributed by atoms with Crippen molar-refractivity contribution in [3.05, 3.63) is 35.9 Å². The zero-order chi connectivity index (χ0) is 20.1. The van der Waals surface area contributed by atoms with E-state index < -0.39 is 29.8 Å². The van der Waals surface area contributed by atoms with Crippen molar-refractivity contribution in [2.75, 3.05) is 25.6 Å². The second kappa shape index (κ2) is 12.3.